The summed E-state index contributed by atoms with van der Waals surface area (Å²) in [4.78, 5) is 20.6. The molecular formula is C6H4IN3O. The zero-order valence-electron chi connectivity index (χ0n) is 5.39. The van der Waals surface area contributed by atoms with Gasteiger partial charge < -0.3 is 9.97 Å². The number of pyridine rings is 1. The first-order valence-corrected chi connectivity index (χ1v) is 4.08. The molecule has 2 rings (SSSR count). The number of imidazole rings is 1. The van der Waals surface area contributed by atoms with Crippen LogP contribution in [0.25, 0.3) is 11.0 Å². The van der Waals surface area contributed by atoms with Crippen molar-refractivity contribution in [1.29, 1.82) is 0 Å². The van der Waals surface area contributed by atoms with Crippen LogP contribution < -0.4 is 5.56 Å². The number of nitrogens with one attached hydrogen (secondary N) is 2. The van der Waals surface area contributed by atoms with Gasteiger partial charge in [0.1, 0.15) is 0 Å². The number of nitrogens with zero attached hydrogens (tertiary/aromatic N) is 1. The predicted molar refractivity (Wildman–Crippen MR) is 49.4 cm³/mol. The molecule has 0 saturated carbocycles. The van der Waals surface area contributed by atoms with E-state index >= 15 is 0 Å². The summed E-state index contributed by atoms with van der Waals surface area (Å²) < 4.78 is 0.731. The summed E-state index contributed by atoms with van der Waals surface area (Å²) in [5, 5.41) is 0. The van der Waals surface area contributed by atoms with E-state index in [0.717, 1.165) is 9.35 Å². The van der Waals surface area contributed by atoms with Crippen LogP contribution in [0, 0.1) is 3.83 Å². The van der Waals surface area contributed by atoms with Crippen molar-refractivity contribution in [3.05, 3.63) is 26.4 Å². The van der Waals surface area contributed by atoms with Gasteiger partial charge in [-0.1, -0.05) is 0 Å². The summed E-state index contributed by atoms with van der Waals surface area (Å²) in [6, 6.07) is 1.78. The molecule has 5 heteroatoms. The smallest absolute Gasteiger partial charge is 0.276 e. The van der Waals surface area contributed by atoms with Gasteiger partial charge >= 0.3 is 0 Å². The number of hydrogen-bond acceptors (Lipinski definition) is 2. The fourth-order valence-corrected chi connectivity index (χ4v) is 1.45. The maximum atomic E-state index is 11.1. The van der Waals surface area contributed by atoms with Crippen LogP contribution in [0.2, 0.25) is 0 Å². The Morgan fingerprint density at radius 1 is 1.55 bits per heavy atom. The first kappa shape index (κ1) is 6.84. The molecule has 11 heavy (non-hydrogen) atoms. The van der Waals surface area contributed by atoms with Crippen molar-refractivity contribution in [3.63, 3.8) is 0 Å². The van der Waals surface area contributed by atoms with Crippen molar-refractivity contribution in [3.8, 4) is 0 Å². The largest absolute Gasteiger partial charge is 0.333 e. The average molecular weight is 261 g/mol. The molecule has 2 aromatic rings. The first-order chi connectivity index (χ1) is 5.27. The summed E-state index contributed by atoms with van der Waals surface area (Å²) >= 11 is 2.03. The number of hydrogen-bond donors (Lipinski definition) is 2. The Labute approximate surface area is 75.2 Å². The number of rotatable bonds is 0. The Balaban J connectivity index is 3.02. The first-order valence-electron chi connectivity index (χ1n) is 3.00. The van der Waals surface area contributed by atoms with Crippen LogP contribution in [-0.4, -0.2) is 15.0 Å². The summed E-state index contributed by atoms with van der Waals surface area (Å²) in [6.07, 6.45) is 1.60. The monoisotopic (exact) mass is 261 g/mol. The Morgan fingerprint density at radius 3 is 3.09 bits per heavy atom. The Morgan fingerprint density at radius 2 is 2.36 bits per heavy atom. The molecule has 0 saturated heterocycles. The molecule has 0 fully saturated rings. The lowest BCUT2D eigenvalue weighted by atomic mass is 10.4. The van der Waals surface area contributed by atoms with Crippen molar-refractivity contribution in [2.75, 3.05) is 0 Å². The van der Waals surface area contributed by atoms with Gasteiger partial charge in [-0.3, -0.25) is 4.79 Å². The van der Waals surface area contributed by atoms with Crippen molar-refractivity contribution in [2.45, 2.75) is 0 Å². The van der Waals surface area contributed by atoms with E-state index in [1.54, 1.807) is 12.3 Å². The molecule has 4 nitrogen and oxygen atoms in total. The lowest BCUT2D eigenvalue weighted by molar-refractivity contribution is 1.23. The SMILES string of the molecule is O=c1[nH]ccc2[nH]c(I)nc12. The zero-order chi connectivity index (χ0) is 7.84. The minimum absolute atomic E-state index is 0.151. The summed E-state index contributed by atoms with van der Waals surface area (Å²) in [6.45, 7) is 0. The molecule has 0 aromatic carbocycles. The van der Waals surface area contributed by atoms with Gasteiger partial charge in [0.2, 0.25) is 0 Å². The topological polar surface area (TPSA) is 61.5 Å². The molecule has 0 aliphatic rings. The van der Waals surface area contributed by atoms with Gasteiger partial charge in [-0.05, 0) is 28.7 Å². The van der Waals surface area contributed by atoms with E-state index in [-0.39, 0.29) is 5.56 Å². The van der Waals surface area contributed by atoms with Gasteiger partial charge in [-0.2, -0.15) is 0 Å². The Hall–Kier alpha value is -0.850. The summed E-state index contributed by atoms with van der Waals surface area (Å²) in [5.41, 5.74) is 1.09. The van der Waals surface area contributed by atoms with E-state index in [4.69, 9.17) is 0 Å². The molecule has 0 radical (unpaired) electrons. The quantitative estimate of drug-likeness (QED) is 0.691. The van der Waals surface area contributed by atoms with Crippen LogP contribution in [0.5, 0.6) is 0 Å². The molecular weight excluding hydrogens is 257 g/mol. The van der Waals surface area contributed by atoms with Gasteiger partial charge in [0, 0.05) is 6.20 Å². The molecule has 0 aliphatic carbocycles. The lowest BCUT2D eigenvalue weighted by Gasteiger charge is -1.82. The van der Waals surface area contributed by atoms with Crippen LogP contribution in [-0.2, 0) is 0 Å². The third-order valence-electron chi connectivity index (χ3n) is 1.38. The number of aromatic nitrogens is 3. The van der Waals surface area contributed by atoms with Crippen LogP contribution in [0.15, 0.2) is 17.1 Å². The van der Waals surface area contributed by atoms with Crippen LogP contribution >= 0.6 is 22.6 Å². The van der Waals surface area contributed by atoms with E-state index in [2.05, 4.69) is 15.0 Å². The van der Waals surface area contributed by atoms with Crippen molar-refractivity contribution < 1.29 is 0 Å². The fraction of sp³-hybridized carbons (Fsp3) is 0. The minimum atomic E-state index is -0.151. The van der Waals surface area contributed by atoms with Gasteiger partial charge in [0.25, 0.3) is 5.56 Å². The number of aromatic amines is 2. The predicted octanol–water partition coefficient (Wildman–Crippen LogP) is 0.856. The standard InChI is InChI=1S/C6H4IN3O/c7-6-9-3-1-2-8-5(11)4(3)10-6/h1-2H,(H,8,11)(H,9,10). The van der Waals surface area contributed by atoms with Gasteiger partial charge in [-0.25, -0.2) is 4.98 Å². The normalized spacial score (nSPS) is 10.6. The van der Waals surface area contributed by atoms with Gasteiger partial charge in [0.15, 0.2) is 9.35 Å². The van der Waals surface area contributed by atoms with Crippen molar-refractivity contribution in [2.24, 2.45) is 0 Å². The second-order valence-electron chi connectivity index (χ2n) is 2.10. The molecule has 2 aromatic heterocycles. The average Bonchev–Trinajstić information content (AvgIpc) is 2.31. The highest BCUT2D eigenvalue weighted by Crippen LogP contribution is 2.06. The molecule has 2 N–H and O–H groups in total. The maximum absolute atomic E-state index is 11.1. The minimum Gasteiger partial charge on any atom is -0.333 e. The van der Waals surface area contributed by atoms with E-state index < -0.39 is 0 Å². The van der Waals surface area contributed by atoms with Gasteiger partial charge in [0.05, 0.1) is 5.52 Å². The molecule has 0 amide bonds. The van der Waals surface area contributed by atoms with Crippen LogP contribution in [0.1, 0.15) is 0 Å². The fourth-order valence-electron chi connectivity index (χ4n) is 0.919. The molecule has 0 bridgehead atoms. The third-order valence-corrected chi connectivity index (χ3v) is 1.89. The molecule has 56 valence electrons. The highest BCUT2D eigenvalue weighted by molar-refractivity contribution is 14.1. The highest BCUT2D eigenvalue weighted by Gasteiger charge is 2.01. The van der Waals surface area contributed by atoms with Crippen molar-refractivity contribution in [1.82, 2.24) is 15.0 Å². The van der Waals surface area contributed by atoms with Gasteiger partial charge in [-0.15, -0.1) is 0 Å². The van der Waals surface area contributed by atoms with E-state index in [9.17, 15) is 4.79 Å². The summed E-state index contributed by atoms with van der Waals surface area (Å²) in [7, 11) is 0. The van der Waals surface area contributed by atoms with Crippen LogP contribution in [0.4, 0.5) is 0 Å². The Bertz CT molecular complexity index is 444. The number of fused-ring (bicyclic) bond motifs is 1. The second kappa shape index (κ2) is 2.33. The number of halogens is 1. The second-order valence-corrected chi connectivity index (χ2v) is 3.12. The maximum Gasteiger partial charge on any atom is 0.276 e. The zero-order valence-corrected chi connectivity index (χ0v) is 7.55. The van der Waals surface area contributed by atoms with E-state index in [1.165, 1.54) is 0 Å². The molecule has 0 spiro atoms. The van der Waals surface area contributed by atoms with Crippen molar-refractivity contribution >= 4 is 33.6 Å². The highest BCUT2D eigenvalue weighted by atomic mass is 127. The number of H-pyrrole nitrogens is 2. The van der Waals surface area contributed by atoms with E-state index in [0.29, 0.717) is 5.52 Å². The Kier molecular flexibility index (Phi) is 1.45. The van der Waals surface area contributed by atoms with E-state index in [1.807, 2.05) is 22.6 Å². The third kappa shape index (κ3) is 1.05. The van der Waals surface area contributed by atoms with Crippen LogP contribution in [0.3, 0.4) is 0 Å². The molecule has 0 aliphatic heterocycles. The molecule has 0 unspecified atom stereocenters. The summed E-state index contributed by atoms with van der Waals surface area (Å²) in [5.74, 6) is 0. The lowest BCUT2D eigenvalue weighted by Crippen LogP contribution is -2.03. The molecule has 2 heterocycles. The molecule has 0 atom stereocenters.